The van der Waals surface area contributed by atoms with E-state index in [2.05, 4.69) is 25.6 Å². The number of hydrogen-bond acceptors (Lipinski definition) is 4. The predicted octanol–water partition coefficient (Wildman–Crippen LogP) is 3.47. The number of nitrogens with zero attached hydrogens (tertiary/aromatic N) is 4. The van der Waals surface area contributed by atoms with Crippen molar-refractivity contribution in [2.45, 2.75) is 18.9 Å². The van der Waals surface area contributed by atoms with Crippen molar-refractivity contribution < 1.29 is 8.78 Å². The van der Waals surface area contributed by atoms with Gasteiger partial charge in [-0.25, -0.2) is 8.78 Å². The lowest BCUT2D eigenvalue weighted by molar-refractivity contribution is 0.578. The maximum Gasteiger partial charge on any atom is 0.204 e. The minimum Gasteiger partial charge on any atom is -0.281 e. The van der Waals surface area contributed by atoms with Crippen LogP contribution < -0.4 is 0 Å². The number of hydrogen-bond donors (Lipinski definition) is 1. The number of aromatic amines is 1. The molecule has 0 radical (unpaired) electrons. The summed E-state index contributed by atoms with van der Waals surface area (Å²) < 4.78 is 27.8. The van der Waals surface area contributed by atoms with E-state index in [1.165, 1.54) is 18.2 Å². The summed E-state index contributed by atoms with van der Waals surface area (Å²) >= 11 is 0. The normalized spacial score (nSPS) is 17.1. The Labute approximate surface area is 136 Å². The number of halogens is 2. The maximum absolute atomic E-state index is 13.9. The van der Waals surface area contributed by atoms with Crippen molar-refractivity contribution in [3.05, 3.63) is 65.2 Å². The molecule has 0 saturated heterocycles. The lowest BCUT2D eigenvalue weighted by Crippen LogP contribution is -2.03. The van der Waals surface area contributed by atoms with Crippen LogP contribution in [0.4, 0.5) is 8.78 Å². The van der Waals surface area contributed by atoms with Gasteiger partial charge in [0.2, 0.25) is 5.82 Å². The van der Waals surface area contributed by atoms with Crippen molar-refractivity contribution in [2.75, 3.05) is 0 Å². The minimum absolute atomic E-state index is 0.0107. The summed E-state index contributed by atoms with van der Waals surface area (Å²) in [6.07, 6.45) is 1.28. The van der Waals surface area contributed by atoms with E-state index < -0.39 is 11.6 Å². The Kier molecular flexibility index (Phi) is 3.60. The fourth-order valence-corrected chi connectivity index (χ4v) is 2.93. The van der Waals surface area contributed by atoms with Crippen LogP contribution in [0.1, 0.15) is 30.0 Å². The summed E-state index contributed by atoms with van der Waals surface area (Å²) in [5.74, 6) is -0.616. The Morgan fingerprint density at radius 2 is 1.75 bits per heavy atom. The number of rotatable bonds is 3. The van der Waals surface area contributed by atoms with Gasteiger partial charge < -0.3 is 0 Å². The summed E-state index contributed by atoms with van der Waals surface area (Å²) in [5, 5.41) is 13.8. The molecule has 3 aromatic rings. The van der Waals surface area contributed by atoms with E-state index in [0.717, 1.165) is 17.5 Å². The fraction of sp³-hybridized carbons (Fsp3) is 0.176. The summed E-state index contributed by atoms with van der Waals surface area (Å²) in [7, 11) is 0. The minimum atomic E-state index is -0.568. The molecule has 0 amide bonds. The van der Waals surface area contributed by atoms with Gasteiger partial charge in [-0.05, 0) is 35.8 Å². The van der Waals surface area contributed by atoms with Crippen molar-refractivity contribution in [1.29, 1.82) is 0 Å². The van der Waals surface area contributed by atoms with Crippen molar-refractivity contribution in [3.8, 4) is 11.4 Å². The largest absolute Gasteiger partial charge is 0.281 e. The SMILES string of the molecule is Fc1cccc(F)c1C1=NC(c2ccc(-c3nn[nH]n3)cc2)CC1. The number of H-pyrrole nitrogens is 1. The Balaban J connectivity index is 1.61. The van der Waals surface area contributed by atoms with E-state index in [4.69, 9.17) is 0 Å². The highest BCUT2D eigenvalue weighted by Crippen LogP contribution is 2.33. The van der Waals surface area contributed by atoms with Crippen LogP contribution in [0.2, 0.25) is 0 Å². The molecule has 24 heavy (non-hydrogen) atoms. The van der Waals surface area contributed by atoms with Crippen LogP contribution >= 0.6 is 0 Å². The Hall–Kier alpha value is -2.96. The molecule has 0 aliphatic carbocycles. The molecule has 7 heteroatoms. The first-order valence-electron chi connectivity index (χ1n) is 7.57. The third kappa shape index (κ3) is 2.58. The first-order chi connectivity index (χ1) is 11.7. The van der Waals surface area contributed by atoms with Gasteiger partial charge in [-0.2, -0.15) is 5.21 Å². The van der Waals surface area contributed by atoms with Gasteiger partial charge in [-0.1, -0.05) is 30.3 Å². The number of benzene rings is 2. The van der Waals surface area contributed by atoms with Crippen LogP contribution in [0.5, 0.6) is 0 Å². The summed E-state index contributed by atoms with van der Waals surface area (Å²) in [4.78, 5) is 4.53. The molecule has 1 unspecified atom stereocenters. The second-order valence-corrected chi connectivity index (χ2v) is 5.58. The zero-order valence-corrected chi connectivity index (χ0v) is 12.6. The topological polar surface area (TPSA) is 66.8 Å². The van der Waals surface area contributed by atoms with Gasteiger partial charge in [0.15, 0.2) is 0 Å². The van der Waals surface area contributed by atoms with Gasteiger partial charge in [-0.15, -0.1) is 10.2 Å². The van der Waals surface area contributed by atoms with Crippen molar-refractivity contribution in [3.63, 3.8) is 0 Å². The first kappa shape index (κ1) is 14.6. The number of tetrazole rings is 1. The third-order valence-electron chi connectivity index (χ3n) is 4.12. The average Bonchev–Trinajstić information content (AvgIpc) is 3.27. The van der Waals surface area contributed by atoms with Crippen LogP contribution in [0.15, 0.2) is 47.5 Å². The molecular formula is C17H13F2N5. The van der Waals surface area contributed by atoms with E-state index in [0.29, 0.717) is 18.0 Å². The van der Waals surface area contributed by atoms with Gasteiger partial charge >= 0.3 is 0 Å². The number of aromatic nitrogens is 4. The Morgan fingerprint density at radius 3 is 2.42 bits per heavy atom. The van der Waals surface area contributed by atoms with Gasteiger partial charge in [0.25, 0.3) is 0 Å². The van der Waals surface area contributed by atoms with E-state index in [1.807, 2.05) is 24.3 Å². The Bertz CT molecular complexity index is 868. The maximum atomic E-state index is 13.9. The zero-order valence-electron chi connectivity index (χ0n) is 12.6. The van der Waals surface area contributed by atoms with Crippen LogP contribution in [0.25, 0.3) is 11.4 Å². The molecule has 2 aromatic carbocycles. The molecule has 0 spiro atoms. The van der Waals surface area contributed by atoms with E-state index in [1.54, 1.807) is 0 Å². The van der Waals surface area contributed by atoms with Gasteiger partial charge in [-0.3, -0.25) is 4.99 Å². The van der Waals surface area contributed by atoms with E-state index >= 15 is 0 Å². The first-order valence-corrected chi connectivity index (χ1v) is 7.57. The highest BCUT2D eigenvalue weighted by Gasteiger charge is 2.24. The molecule has 1 aliphatic rings. The van der Waals surface area contributed by atoms with Crippen LogP contribution in [0.3, 0.4) is 0 Å². The van der Waals surface area contributed by atoms with Gasteiger partial charge in [0, 0.05) is 11.3 Å². The molecule has 2 heterocycles. The second-order valence-electron chi connectivity index (χ2n) is 5.58. The van der Waals surface area contributed by atoms with E-state index in [-0.39, 0.29) is 11.6 Å². The Morgan fingerprint density at radius 1 is 1.00 bits per heavy atom. The lowest BCUT2D eigenvalue weighted by Gasteiger charge is -2.07. The molecule has 1 N–H and O–H groups in total. The molecular weight excluding hydrogens is 312 g/mol. The molecule has 1 aromatic heterocycles. The summed E-state index contributed by atoms with van der Waals surface area (Å²) in [5.41, 5.74) is 2.31. The van der Waals surface area contributed by atoms with Gasteiger partial charge in [0.05, 0.1) is 11.6 Å². The molecule has 1 atom stereocenters. The molecule has 0 bridgehead atoms. The molecule has 0 fully saturated rings. The number of nitrogens with one attached hydrogen (secondary N) is 1. The van der Waals surface area contributed by atoms with Crippen LogP contribution in [0, 0.1) is 11.6 Å². The predicted molar refractivity (Wildman–Crippen MR) is 84.5 cm³/mol. The van der Waals surface area contributed by atoms with Crippen LogP contribution in [-0.2, 0) is 0 Å². The smallest absolute Gasteiger partial charge is 0.204 e. The quantitative estimate of drug-likeness (QED) is 0.802. The number of aliphatic imine (C=N–C) groups is 1. The highest BCUT2D eigenvalue weighted by atomic mass is 19.1. The monoisotopic (exact) mass is 325 g/mol. The second kappa shape index (κ2) is 5.92. The van der Waals surface area contributed by atoms with Gasteiger partial charge in [0.1, 0.15) is 11.6 Å². The van der Waals surface area contributed by atoms with Crippen molar-refractivity contribution >= 4 is 5.71 Å². The molecule has 120 valence electrons. The summed E-state index contributed by atoms with van der Waals surface area (Å²) in [6, 6.07) is 11.4. The molecule has 1 aliphatic heterocycles. The standard InChI is InChI=1S/C17H13F2N5/c18-12-2-1-3-13(19)16(12)15-9-8-14(20-15)10-4-6-11(7-5-10)17-21-23-24-22-17/h1-7,14H,8-9H2,(H,21,22,23,24). The fourth-order valence-electron chi connectivity index (χ4n) is 2.93. The average molecular weight is 325 g/mol. The third-order valence-corrected chi connectivity index (χ3v) is 4.12. The highest BCUT2D eigenvalue weighted by molar-refractivity contribution is 6.02. The zero-order chi connectivity index (χ0) is 16.5. The van der Waals surface area contributed by atoms with E-state index in [9.17, 15) is 8.78 Å². The molecule has 0 saturated carbocycles. The molecule has 5 nitrogen and oxygen atoms in total. The lowest BCUT2D eigenvalue weighted by atomic mass is 10.0. The van der Waals surface area contributed by atoms with Crippen LogP contribution in [-0.4, -0.2) is 26.3 Å². The van der Waals surface area contributed by atoms with Crippen molar-refractivity contribution in [2.24, 2.45) is 4.99 Å². The summed E-state index contributed by atoms with van der Waals surface area (Å²) in [6.45, 7) is 0. The van der Waals surface area contributed by atoms with Crippen molar-refractivity contribution in [1.82, 2.24) is 20.6 Å². The molecule has 4 rings (SSSR count).